The maximum Gasteiger partial charge on any atom is 0.217 e. The van der Waals surface area contributed by atoms with Crippen LogP contribution in [-0.4, -0.2) is 25.0 Å². The summed E-state index contributed by atoms with van der Waals surface area (Å²) in [6.45, 7) is 0.945. The standard InChI is InChI=1S/C12H18N2O2S/c1-14(17(15,16)12-6-7-12)9-11-4-2-10(8-13)3-5-11/h2-5,12H,6-9,13H2,1H3. The van der Waals surface area contributed by atoms with E-state index >= 15 is 0 Å². The van der Waals surface area contributed by atoms with Crippen LogP contribution in [0.5, 0.6) is 0 Å². The Morgan fingerprint density at radius 3 is 2.24 bits per heavy atom. The topological polar surface area (TPSA) is 63.4 Å². The van der Waals surface area contributed by atoms with Gasteiger partial charge in [-0.2, -0.15) is 0 Å². The predicted molar refractivity (Wildman–Crippen MR) is 67.7 cm³/mol. The lowest BCUT2D eigenvalue weighted by Gasteiger charge is -2.16. The maximum absolute atomic E-state index is 11.9. The van der Waals surface area contributed by atoms with Crippen molar-refractivity contribution in [2.45, 2.75) is 31.2 Å². The molecule has 0 spiro atoms. The number of sulfonamides is 1. The molecule has 0 atom stereocenters. The van der Waals surface area contributed by atoms with Crippen molar-refractivity contribution in [2.75, 3.05) is 7.05 Å². The second kappa shape index (κ2) is 4.76. The van der Waals surface area contributed by atoms with Crippen molar-refractivity contribution in [2.24, 2.45) is 5.73 Å². The largest absolute Gasteiger partial charge is 0.326 e. The van der Waals surface area contributed by atoms with Gasteiger partial charge in [-0.1, -0.05) is 24.3 Å². The minimum Gasteiger partial charge on any atom is -0.326 e. The van der Waals surface area contributed by atoms with Crippen molar-refractivity contribution in [3.63, 3.8) is 0 Å². The quantitative estimate of drug-likeness (QED) is 0.855. The van der Waals surface area contributed by atoms with E-state index < -0.39 is 10.0 Å². The van der Waals surface area contributed by atoms with E-state index in [2.05, 4.69) is 0 Å². The Bertz CT molecular complexity index is 478. The summed E-state index contributed by atoms with van der Waals surface area (Å²) in [5.41, 5.74) is 7.56. The molecule has 4 nitrogen and oxygen atoms in total. The number of hydrogen-bond acceptors (Lipinski definition) is 3. The van der Waals surface area contributed by atoms with Gasteiger partial charge in [-0.15, -0.1) is 0 Å². The molecule has 0 radical (unpaired) electrons. The highest BCUT2D eigenvalue weighted by atomic mass is 32.2. The lowest BCUT2D eigenvalue weighted by Crippen LogP contribution is -2.29. The van der Waals surface area contributed by atoms with E-state index in [1.54, 1.807) is 7.05 Å². The van der Waals surface area contributed by atoms with Crippen molar-refractivity contribution in [1.82, 2.24) is 4.31 Å². The van der Waals surface area contributed by atoms with Crippen LogP contribution in [0.4, 0.5) is 0 Å². The van der Waals surface area contributed by atoms with Crippen LogP contribution in [0.25, 0.3) is 0 Å². The first kappa shape index (κ1) is 12.5. The first-order valence-corrected chi connectivity index (χ1v) is 7.27. The molecule has 0 aliphatic heterocycles. The van der Waals surface area contributed by atoms with E-state index in [0.29, 0.717) is 13.1 Å². The Kier molecular flexibility index (Phi) is 3.51. The van der Waals surface area contributed by atoms with Gasteiger partial charge in [0.1, 0.15) is 0 Å². The number of nitrogens with zero attached hydrogens (tertiary/aromatic N) is 1. The predicted octanol–water partition coefficient (Wildman–Crippen LogP) is 1.07. The highest BCUT2D eigenvalue weighted by Crippen LogP contribution is 2.30. The molecule has 1 aromatic rings. The molecule has 2 rings (SSSR count). The zero-order valence-electron chi connectivity index (χ0n) is 9.96. The minimum atomic E-state index is -3.07. The zero-order chi connectivity index (χ0) is 12.5. The van der Waals surface area contributed by atoms with Crippen molar-refractivity contribution >= 4 is 10.0 Å². The van der Waals surface area contributed by atoms with Gasteiger partial charge < -0.3 is 5.73 Å². The summed E-state index contributed by atoms with van der Waals surface area (Å²) in [7, 11) is -1.43. The molecular formula is C12H18N2O2S. The van der Waals surface area contributed by atoms with Crippen molar-refractivity contribution in [3.05, 3.63) is 35.4 Å². The van der Waals surface area contributed by atoms with Gasteiger partial charge in [0.2, 0.25) is 10.0 Å². The average molecular weight is 254 g/mol. The molecule has 0 amide bonds. The van der Waals surface area contributed by atoms with Crippen LogP contribution in [0.3, 0.4) is 0 Å². The molecule has 1 aromatic carbocycles. The first-order valence-electron chi connectivity index (χ1n) is 5.77. The lowest BCUT2D eigenvalue weighted by atomic mass is 10.1. The highest BCUT2D eigenvalue weighted by molar-refractivity contribution is 7.90. The second-order valence-corrected chi connectivity index (χ2v) is 6.84. The third-order valence-electron chi connectivity index (χ3n) is 3.04. The molecule has 1 fully saturated rings. The number of hydrogen-bond donors (Lipinski definition) is 1. The van der Waals surface area contributed by atoms with Gasteiger partial charge in [-0.25, -0.2) is 12.7 Å². The normalized spacial score (nSPS) is 16.4. The fourth-order valence-corrected chi connectivity index (χ4v) is 3.32. The lowest BCUT2D eigenvalue weighted by molar-refractivity contribution is 0.465. The first-order chi connectivity index (χ1) is 8.04. The Balaban J connectivity index is 2.04. The van der Waals surface area contributed by atoms with Gasteiger partial charge in [-0.05, 0) is 24.0 Å². The zero-order valence-corrected chi connectivity index (χ0v) is 10.8. The molecule has 1 saturated carbocycles. The molecule has 0 saturated heterocycles. The monoisotopic (exact) mass is 254 g/mol. The number of nitrogens with two attached hydrogens (primary N) is 1. The van der Waals surface area contributed by atoms with Crippen LogP contribution in [0.1, 0.15) is 24.0 Å². The van der Waals surface area contributed by atoms with Gasteiger partial charge in [0.05, 0.1) is 5.25 Å². The van der Waals surface area contributed by atoms with Crippen LogP contribution < -0.4 is 5.73 Å². The van der Waals surface area contributed by atoms with Crippen molar-refractivity contribution in [1.29, 1.82) is 0 Å². The van der Waals surface area contributed by atoms with E-state index in [4.69, 9.17) is 5.73 Å². The van der Waals surface area contributed by atoms with Gasteiger partial charge in [0.25, 0.3) is 0 Å². The van der Waals surface area contributed by atoms with Crippen LogP contribution >= 0.6 is 0 Å². The van der Waals surface area contributed by atoms with E-state index in [9.17, 15) is 8.42 Å². The number of benzene rings is 1. The fraction of sp³-hybridized carbons (Fsp3) is 0.500. The van der Waals surface area contributed by atoms with E-state index in [-0.39, 0.29) is 5.25 Å². The summed E-state index contributed by atoms with van der Waals surface area (Å²) < 4.78 is 25.3. The van der Waals surface area contributed by atoms with Crippen LogP contribution in [0, 0.1) is 0 Å². The summed E-state index contributed by atoms with van der Waals surface area (Å²) in [5.74, 6) is 0. The molecular weight excluding hydrogens is 236 g/mol. The van der Waals surface area contributed by atoms with Gasteiger partial charge in [-0.3, -0.25) is 0 Å². The third kappa shape index (κ3) is 2.86. The minimum absolute atomic E-state index is 0.143. The molecule has 0 unspecified atom stereocenters. The Morgan fingerprint density at radius 1 is 1.24 bits per heavy atom. The van der Waals surface area contributed by atoms with Crippen LogP contribution in [0.15, 0.2) is 24.3 Å². The van der Waals surface area contributed by atoms with Gasteiger partial charge in [0, 0.05) is 20.1 Å². The molecule has 94 valence electrons. The SMILES string of the molecule is CN(Cc1ccc(CN)cc1)S(=O)(=O)C1CC1. The Morgan fingerprint density at radius 2 is 1.76 bits per heavy atom. The van der Waals surface area contributed by atoms with Crippen molar-refractivity contribution in [3.8, 4) is 0 Å². The van der Waals surface area contributed by atoms with Crippen molar-refractivity contribution < 1.29 is 8.42 Å². The summed E-state index contributed by atoms with van der Waals surface area (Å²) >= 11 is 0. The molecule has 5 heteroatoms. The van der Waals surface area contributed by atoms with Crippen LogP contribution in [0.2, 0.25) is 0 Å². The Labute approximate surface area is 102 Å². The van der Waals surface area contributed by atoms with E-state index in [1.807, 2.05) is 24.3 Å². The van der Waals surface area contributed by atoms with Crippen LogP contribution in [-0.2, 0) is 23.1 Å². The summed E-state index contributed by atoms with van der Waals surface area (Å²) in [6, 6.07) is 7.74. The highest BCUT2D eigenvalue weighted by Gasteiger charge is 2.38. The summed E-state index contributed by atoms with van der Waals surface area (Å²) in [4.78, 5) is 0. The van der Waals surface area contributed by atoms with E-state index in [1.165, 1.54) is 4.31 Å². The third-order valence-corrected chi connectivity index (χ3v) is 5.36. The molecule has 1 aliphatic rings. The summed E-state index contributed by atoms with van der Waals surface area (Å²) in [5, 5.41) is -0.143. The molecule has 2 N–H and O–H groups in total. The summed E-state index contributed by atoms with van der Waals surface area (Å²) in [6.07, 6.45) is 1.61. The smallest absolute Gasteiger partial charge is 0.217 e. The number of rotatable bonds is 5. The second-order valence-electron chi connectivity index (χ2n) is 4.52. The molecule has 0 heterocycles. The van der Waals surface area contributed by atoms with E-state index in [0.717, 1.165) is 24.0 Å². The van der Waals surface area contributed by atoms with Gasteiger partial charge in [0.15, 0.2) is 0 Å². The van der Waals surface area contributed by atoms with Gasteiger partial charge >= 0.3 is 0 Å². The average Bonchev–Trinajstić information content (AvgIpc) is 3.14. The molecule has 17 heavy (non-hydrogen) atoms. The molecule has 0 aromatic heterocycles. The fourth-order valence-electron chi connectivity index (χ4n) is 1.75. The maximum atomic E-state index is 11.9. The Hall–Kier alpha value is -0.910. The molecule has 1 aliphatic carbocycles. The molecule has 0 bridgehead atoms.